The molecule has 1 aliphatic heterocycles. The summed E-state index contributed by atoms with van der Waals surface area (Å²) in [5, 5.41) is 3.21. The van der Waals surface area contributed by atoms with Crippen molar-refractivity contribution in [2.24, 2.45) is 5.73 Å². The Morgan fingerprint density at radius 2 is 2.31 bits per heavy atom. The van der Waals surface area contributed by atoms with Crippen molar-refractivity contribution in [3.8, 4) is 0 Å². The van der Waals surface area contributed by atoms with Crippen LogP contribution in [0.25, 0.3) is 0 Å². The minimum Gasteiger partial charge on any atom is -0.468 e. The van der Waals surface area contributed by atoms with E-state index in [0.29, 0.717) is 5.76 Å². The molecular weight excluding hydrogens is 206 g/mol. The molecule has 5 nitrogen and oxygen atoms in total. The number of hydrogen-bond acceptors (Lipinski definition) is 4. The number of amides is 1. The summed E-state index contributed by atoms with van der Waals surface area (Å²) < 4.78 is 5.26. The molecule has 88 valence electrons. The summed E-state index contributed by atoms with van der Waals surface area (Å²) in [6.07, 6.45) is 1.57. The first-order valence-electron chi connectivity index (χ1n) is 5.56. The molecule has 0 aromatic carbocycles. The van der Waals surface area contributed by atoms with Gasteiger partial charge in [0.15, 0.2) is 0 Å². The summed E-state index contributed by atoms with van der Waals surface area (Å²) in [7, 11) is 0. The molecule has 2 heterocycles. The van der Waals surface area contributed by atoms with Crippen LogP contribution in [0.3, 0.4) is 0 Å². The molecule has 16 heavy (non-hydrogen) atoms. The van der Waals surface area contributed by atoms with Gasteiger partial charge in [-0.2, -0.15) is 0 Å². The number of nitrogens with zero attached hydrogens (tertiary/aromatic N) is 1. The third-order valence-corrected chi connectivity index (χ3v) is 2.85. The van der Waals surface area contributed by atoms with Crippen molar-refractivity contribution in [1.29, 1.82) is 0 Å². The highest BCUT2D eigenvalue weighted by molar-refractivity contribution is 5.83. The Hall–Kier alpha value is -1.33. The predicted molar refractivity (Wildman–Crippen MR) is 60.0 cm³/mol. The summed E-state index contributed by atoms with van der Waals surface area (Å²) in [6.45, 7) is 3.48. The molecular formula is C11H17N3O2. The van der Waals surface area contributed by atoms with Crippen molar-refractivity contribution >= 4 is 5.91 Å². The molecule has 1 aliphatic rings. The molecule has 3 N–H and O–H groups in total. The summed E-state index contributed by atoms with van der Waals surface area (Å²) in [5.74, 6) is 0.387. The molecule has 2 rings (SSSR count). The number of carbonyl (C=O) groups excluding carboxylic acids is 1. The lowest BCUT2D eigenvalue weighted by molar-refractivity contribution is -0.133. The van der Waals surface area contributed by atoms with E-state index >= 15 is 0 Å². The van der Waals surface area contributed by atoms with E-state index in [0.717, 1.165) is 26.2 Å². The SMILES string of the molecule is NCC(C(=O)N1CCNCC1)c1ccco1. The molecule has 0 saturated carbocycles. The van der Waals surface area contributed by atoms with E-state index < -0.39 is 0 Å². The van der Waals surface area contributed by atoms with Gasteiger partial charge in [-0.1, -0.05) is 0 Å². The van der Waals surface area contributed by atoms with E-state index in [1.807, 2.05) is 4.90 Å². The number of nitrogens with one attached hydrogen (secondary N) is 1. The molecule has 0 spiro atoms. The monoisotopic (exact) mass is 223 g/mol. The van der Waals surface area contributed by atoms with Gasteiger partial charge in [0.05, 0.1) is 6.26 Å². The fraction of sp³-hybridized carbons (Fsp3) is 0.545. The highest BCUT2D eigenvalue weighted by Crippen LogP contribution is 2.18. The zero-order chi connectivity index (χ0) is 11.4. The van der Waals surface area contributed by atoms with Crippen LogP contribution in [-0.2, 0) is 4.79 Å². The third kappa shape index (κ3) is 2.25. The van der Waals surface area contributed by atoms with Crippen LogP contribution in [0.4, 0.5) is 0 Å². The van der Waals surface area contributed by atoms with E-state index in [9.17, 15) is 4.79 Å². The Kier molecular flexibility index (Phi) is 3.58. The standard InChI is InChI=1S/C11H17N3O2/c12-8-9(10-2-1-7-16-10)11(15)14-5-3-13-4-6-14/h1-2,7,9,13H,3-6,8,12H2. The Balaban J connectivity index is 2.06. The van der Waals surface area contributed by atoms with E-state index in [4.69, 9.17) is 10.2 Å². The van der Waals surface area contributed by atoms with Crippen molar-refractivity contribution in [1.82, 2.24) is 10.2 Å². The lowest BCUT2D eigenvalue weighted by Crippen LogP contribution is -2.48. The van der Waals surface area contributed by atoms with E-state index in [1.165, 1.54) is 0 Å². The maximum absolute atomic E-state index is 12.2. The van der Waals surface area contributed by atoms with Gasteiger partial charge in [-0.05, 0) is 12.1 Å². The number of rotatable bonds is 3. The number of furan rings is 1. The second-order valence-electron chi connectivity index (χ2n) is 3.88. The zero-order valence-electron chi connectivity index (χ0n) is 9.19. The van der Waals surface area contributed by atoms with Crippen LogP contribution in [-0.4, -0.2) is 43.5 Å². The van der Waals surface area contributed by atoms with Gasteiger partial charge >= 0.3 is 0 Å². The number of nitrogens with two attached hydrogens (primary N) is 1. The highest BCUT2D eigenvalue weighted by atomic mass is 16.3. The normalized spacial score (nSPS) is 18.4. The van der Waals surface area contributed by atoms with Crippen LogP contribution in [0.2, 0.25) is 0 Å². The Morgan fingerprint density at radius 1 is 1.56 bits per heavy atom. The van der Waals surface area contributed by atoms with Crippen molar-refractivity contribution in [2.75, 3.05) is 32.7 Å². The molecule has 1 amide bonds. The largest absolute Gasteiger partial charge is 0.468 e. The van der Waals surface area contributed by atoms with E-state index in [2.05, 4.69) is 5.32 Å². The number of carbonyl (C=O) groups is 1. The Morgan fingerprint density at radius 3 is 2.88 bits per heavy atom. The van der Waals surface area contributed by atoms with E-state index in [-0.39, 0.29) is 18.4 Å². The average molecular weight is 223 g/mol. The molecule has 1 fully saturated rings. The molecule has 0 radical (unpaired) electrons. The maximum Gasteiger partial charge on any atom is 0.234 e. The van der Waals surface area contributed by atoms with Crippen molar-refractivity contribution in [3.63, 3.8) is 0 Å². The second kappa shape index (κ2) is 5.14. The molecule has 1 atom stereocenters. The van der Waals surface area contributed by atoms with Gasteiger partial charge in [-0.3, -0.25) is 4.79 Å². The highest BCUT2D eigenvalue weighted by Gasteiger charge is 2.27. The summed E-state index contributed by atoms with van der Waals surface area (Å²) in [4.78, 5) is 14.0. The first kappa shape index (κ1) is 11.2. The predicted octanol–water partition coefficient (Wildman–Crippen LogP) is -0.246. The number of hydrogen-bond donors (Lipinski definition) is 2. The van der Waals surface area contributed by atoms with Gasteiger partial charge in [-0.25, -0.2) is 0 Å². The molecule has 1 aromatic heterocycles. The smallest absolute Gasteiger partial charge is 0.234 e. The lowest BCUT2D eigenvalue weighted by Gasteiger charge is -2.29. The summed E-state index contributed by atoms with van der Waals surface area (Å²) >= 11 is 0. The van der Waals surface area contributed by atoms with Gasteiger partial charge < -0.3 is 20.4 Å². The van der Waals surface area contributed by atoms with Crippen LogP contribution in [0.5, 0.6) is 0 Å². The first-order chi connectivity index (χ1) is 7.83. The van der Waals surface area contributed by atoms with Crippen LogP contribution >= 0.6 is 0 Å². The molecule has 0 aliphatic carbocycles. The van der Waals surface area contributed by atoms with Crippen LogP contribution in [0, 0.1) is 0 Å². The van der Waals surface area contributed by atoms with Crippen molar-refractivity contribution in [2.45, 2.75) is 5.92 Å². The van der Waals surface area contributed by atoms with Gasteiger partial charge in [0.25, 0.3) is 0 Å². The lowest BCUT2D eigenvalue weighted by atomic mass is 10.0. The average Bonchev–Trinajstić information content (AvgIpc) is 2.85. The quantitative estimate of drug-likeness (QED) is 0.741. The van der Waals surface area contributed by atoms with Gasteiger partial charge in [0.2, 0.25) is 5.91 Å². The van der Waals surface area contributed by atoms with Crippen LogP contribution in [0.15, 0.2) is 22.8 Å². The van der Waals surface area contributed by atoms with Crippen LogP contribution < -0.4 is 11.1 Å². The zero-order valence-corrected chi connectivity index (χ0v) is 9.19. The molecule has 1 saturated heterocycles. The van der Waals surface area contributed by atoms with Crippen LogP contribution in [0.1, 0.15) is 11.7 Å². The minimum atomic E-state index is -0.340. The van der Waals surface area contributed by atoms with Crippen molar-refractivity contribution < 1.29 is 9.21 Å². The first-order valence-corrected chi connectivity index (χ1v) is 5.56. The fourth-order valence-electron chi connectivity index (χ4n) is 1.93. The van der Waals surface area contributed by atoms with Gasteiger partial charge in [-0.15, -0.1) is 0 Å². The molecule has 1 aromatic rings. The second-order valence-corrected chi connectivity index (χ2v) is 3.88. The Labute approximate surface area is 94.6 Å². The minimum absolute atomic E-state index is 0.0685. The van der Waals surface area contributed by atoms with Crippen molar-refractivity contribution in [3.05, 3.63) is 24.2 Å². The van der Waals surface area contributed by atoms with E-state index in [1.54, 1.807) is 18.4 Å². The molecule has 5 heteroatoms. The topological polar surface area (TPSA) is 71.5 Å². The number of piperazine rings is 1. The van der Waals surface area contributed by atoms with Gasteiger partial charge in [0.1, 0.15) is 11.7 Å². The summed E-state index contributed by atoms with van der Waals surface area (Å²) in [5.41, 5.74) is 5.65. The third-order valence-electron chi connectivity index (χ3n) is 2.85. The molecule has 1 unspecified atom stereocenters. The van der Waals surface area contributed by atoms with Gasteiger partial charge in [0, 0.05) is 32.7 Å². The molecule has 0 bridgehead atoms. The summed E-state index contributed by atoms with van der Waals surface area (Å²) in [6, 6.07) is 3.58. The Bertz CT molecular complexity index is 331. The fourth-order valence-corrected chi connectivity index (χ4v) is 1.93. The maximum atomic E-state index is 12.2.